The summed E-state index contributed by atoms with van der Waals surface area (Å²) in [6.07, 6.45) is 6.46. The second-order valence-corrected chi connectivity index (χ2v) is 3.02. The first kappa shape index (κ1) is 8.75. The topological polar surface area (TPSA) is 29.5 Å². The maximum absolute atomic E-state index is 8.83. The molecule has 0 aromatic heterocycles. The molecule has 1 saturated heterocycles. The zero-order chi connectivity index (χ0) is 8.10. The number of hydrogen-bond donors (Lipinski definition) is 1. The van der Waals surface area contributed by atoms with E-state index < -0.39 is 0 Å². The highest BCUT2D eigenvalue weighted by atomic mass is 16.5. The molecule has 0 aromatic rings. The highest BCUT2D eigenvalue weighted by molar-refractivity contribution is 4.78. The first-order chi connectivity index (χ1) is 5.36. The van der Waals surface area contributed by atoms with Gasteiger partial charge < -0.3 is 9.84 Å². The van der Waals surface area contributed by atoms with E-state index in [4.69, 9.17) is 9.84 Å². The lowest BCUT2D eigenvalue weighted by molar-refractivity contribution is -0.0698. The monoisotopic (exact) mass is 156 g/mol. The second-order valence-electron chi connectivity index (χ2n) is 3.02. The van der Waals surface area contributed by atoms with Gasteiger partial charge in [0.15, 0.2) is 0 Å². The molecular weight excluding hydrogens is 140 g/mol. The molecule has 1 heterocycles. The maximum atomic E-state index is 8.83. The van der Waals surface area contributed by atoms with Crippen LogP contribution in [0.5, 0.6) is 0 Å². The van der Waals surface area contributed by atoms with Gasteiger partial charge in [-0.25, -0.2) is 0 Å². The van der Waals surface area contributed by atoms with E-state index in [2.05, 4.69) is 6.58 Å². The normalized spacial score (nSPS) is 31.7. The number of aliphatic hydroxyl groups is 1. The summed E-state index contributed by atoms with van der Waals surface area (Å²) in [5, 5.41) is 8.83. The first-order valence-electron chi connectivity index (χ1n) is 4.24. The highest BCUT2D eigenvalue weighted by Crippen LogP contribution is 2.20. The standard InChI is InChI=1S/C9H16O2/c1-2-4-8-5-3-6-9(7-10)11-8/h2,8-10H,1,3-7H2. The number of rotatable bonds is 3. The number of aliphatic hydroxyl groups excluding tert-OH is 1. The fourth-order valence-corrected chi connectivity index (χ4v) is 1.48. The molecule has 0 amide bonds. The number of ether oxygens (including phenoxy) is 1. The Hall–Kier alpha value is -0.340. The van der Waals surface area contributed by atoms with Gasteiger partial charge in [0.25, 0.3) is 0 Å². The summed E-state index contributed by atoms with van der Waals surface area (Å²) in [5.74, 6) is 0. The fourth-order valence-electron chi connectivity index (χ4n) is 1.48. The quantitative estimate of drug-likeness (QED) is 0.627. The van der Waals surface area contributed by atoms with Crippen molar-refractivity contribution in [3.63, 3.8) is 0 Å². The first-order valence-corrected chi connectivity index (χ1v) is 4.24. The SMILES string of the molecule is C=CCC1CCCC(CO)O1. The van der Waals surface area contributed by atoms with Crippen molar-refractivity contribution in [3.05, 3.63) is 12.7 Å². The van der Waals surface area contributed by atoms with E-state index in [1.807, 2.05) is 6.08 Å². The summed E-state index contributed by atoms with van der Waals surface area (Å²) >= 11 is 0. The van der Waals surface area contributed by atoms with Crippen LogP contribution >= 0.6 is 0 Å². The zero-order valence-electron chi connectivity index (χ0n) is 6.83. The van der Waals surface area contributed by atoms with Crippen LogP contribution in [0.3, 0.4) is 0 Å². The molecule has 2 nitrogen and oxygen atoms in total. The molecular formula is C9H16O2. The third-order valence-corrected chi connectivity index (χ3v) is 2.07. The van der Waals surface area contributed by atoms with Crippen molar-refractivity contribution >= 4 is 0 Å². The minimum atomic E-state index is 0.0775. The Bertz CT molecular complexity index is 123. The van der Waals surface area contributed by atoms with Gasteiger partial charge in [0.05, 0.1) is 18.8 Å². The molecule has 11 heavy (non-hydrogen) atoms. The Morgan fingerprint density at radius 3 is 2.82 bits per heavy atom. The van der Waals surface area contributed by atoms with Gasteiger partial charge in [0, 0.05) is 0 Å². The molecule has 2 unspecified atom stereocenters. The molecule has 2 atom stereocenters. The molecule has 0 saturated carbocycles. The Kier molecular flexibility index (Phi) is 3.60. The molecule has 64 valence electrons. The summed E-state index contributed by atoms with van der Waals surface area (Å²) in [5.41, 5.74) is 0. The van der Waals surface area contributed by atoms with Crippen molar-refractivity contribution in [2.24, 2.45) is 0 Å². The molecule has 1 rings (SSSR count). The van der Waals surface area contributed by atoms with Crippen molar-refractivity contribution in [2.75, 3.05) is 6.61 Å². The van der Waals surface area contributed by atoms with Crippen molar-refractivity contribution in [1.29, 1.82) is 0 Å². The predicted molar refractivity (Wildman–Crippen MR) is 44.4 cm³/mol. The molecule has 2 heteroatoms. The molecule has 0 aliphatic carbocycles. The van der Waals surface area contributed by atoms with Crippen molar-refractivity contribution in [3.8, 4) is 0 Å². The van der Waals surface area contributed by atoms with Gasteiger partial charge in [-0.1, -0.05) is 6.08 Å². The van der Waals surface area contributed by atoms with E-state index in [1.54, 1.807) is 0 Å². The van der Waals surface area contributed by atoms with Crippen LogP contribution in [0.15, 0.2) is 12.7 Å². The van der Waals surface area contributed by atoms with Crippen LogP contribution in [-0.2, 0) is 4.74 Å². The van der Waals surface area contributed by atoms with Gasteiger partial charge in [-0.15, -0.1) is 6.58 Å². The Balaban J connectivity index is 2.27. The lowest BCUT2D eigenvalue weighted by Gasteiger charge is -2.28. The van der Waals surface area contributed by atoms with Crippen LogP contribution < -0.4 is 0 Å². The summed E-state index contributed by atoms with van der Waals surface area (Å²) in [7, 11) is 0. The van der Waals surface area contributed by atoms with Gasteiger partial charge in [-0.3, -0.25) is 0 Å². The van der Waals surface area contributed by atoms with Crippen molar-refractivity contribution in [1.82, 2.24) is 0 Å². The van der Waals surface area contributed by atoms with Crippen LogP contribution in [0.1, 0.15) is 25.7 Å². The van der Waals surface area contributed by atoms with E-state index in [0.29, 0.717) is 6.10 Å². The molecule has 1 N–H and O–H groups in total. The minimum absolute atomic E-state index is 0.0775. The van der Waals surface area contributed by atoms with Gasteiger partial charge >= 0.3 is 0 Å². The highest BCUT2D eigenvalue weighted by Gasteiger charge is 2.20. The molecule has 0 bridgehead atoms. The lowest BCUT2D eigenvalue weighted by Crippen LogP contribution is -2.29. The molecule has 1 aliphatic heterocycles. The molecule has 0 aromatic carbocycles. The fraction of sp³-hybridized carbons (Fsp3) is 0.778. The van der Waals surface area contributed by atoms with E-state index in [0.717, 1.165) is 19.3 Å². The van der Waals surface area contributed by atoms with Gasteiger partial charge in [0.1, 0.15) is 0 Å². The van der Waals surface area contributed by atoms with Crippen molar-refractivity contribution < 1.29 is 9.84 Å². The second kappa shape index (κ2) is 4.52. The lowest BCUT2D eigenvalue weighted by atomic mass is 10.0. The summed E-state index contributed by atoms with van der Waals surface area (Å²) in [6.45, 7) is 3.82. The molecule has 0 spiro atoms. The zero-order valence-corrected chi connectivity index (χ0v) is 6.83. The van der Waals surface area contributed by atoms with Crippen LogP contribution in [0, 0.1) is 0 Å². The maximum Gasteiger partial charge on any atom is 0.0809 e. The molecule has 0 radical (unpaired) electrons. The van der Waals surface area contributed by atoms with Crippen LogP contribution in [-0.4, -0.2) is 23.9 Å². The van der Waals surface area contributed by atoms with Crippen LogP contribution in [0.25, 0.3) is 0 Å². The largest absolute Gasteiger partial charge is 0.394 e. The van der Waals surface area contributed by atoms with E-state index in [9.17, 15) is 0 Å². The van der Waals surface area contributed by atoms with E-state index in [-0.39, 0.29) is 12.7 Å². The summed E-state index contributed by atoms with van der Waals surface area (Å²) in [4.78, 5) is 0. The molecule has 1 fully saturated rings. The smallest absolute Gasteiger partial charge is 0.0809 e. The van der Waals surface area contributed by atoms with E-state index >= 15 is 0 Å². The Morgan fingerprint density at radius 1 is 1.45 bits per heavy atom. The summed E-state index contributed by atoms with van der Waals surface area (Å²) < 4.78 is 5.55. The average molecular weight is 156 g/mol. The van der Waals surface area contributed by atoms with Gasteiger partial charge in [-0.2, -0.15) is 0 Å². The van der Waals surface area contributed by atoms with Crippen LogP contribution in [0.2, 0.25) is 0 Å². The Morgan fingerprint density at radius 2 is 2.18 bits per heavy atom. The third kappa shape index (κ3) is 2.64. The Labute approximate surface area is 67.9 Å². The minimum Gasteiger partial charge on any atom is -0.394 e. The van der Waals surface area contributed by atoms with Gasteiger partial charge in [0.2, 0.25) is 0 Å². The summed E-state index contributed by atoms with van der Waals surface area (Å²) in [6, 6.07) is 0. The van der Waals surface area contributed by atoms with Gasteiger partial charge in [-0.05, 0) is 25.7 Å². The van der Waals surface area contributed by atoms with E-state index in [1.165, 1.54) is 6.42 Å². The number of hydrogen-bond acceptors (Lipinski definition) is 2. The van der Waals surface area contributed by atoms with Crippen molar-refractivity contribution in [2.45, 2.75) is 37.9 Å². The molecule has 1 aliphatic rings. The third-order valence-electron chi connectivity index (χ3n) is 2.07. The van der Waals surface area contributed by atoms with Crippen LogP contribution in [0.4, 0.5) is 0 Å². The average Bonchev–Trinajstić information content (AvgIpc) is 2.06. The predicted octanol–water partition coefficient (Wildman–Crippen LogP) is 1.49.